The zero-order valence-electron chi connectivity index (χ0n) is 11.4. The lowest BCUT2D eigenvalue weighted by Crippen LogP contribution is -2.44. The normalized spacial score (nSPS) is 25.6. The van der Waals surface area contributed by atoms with Crippen LogP contribution in [0.15, 0.2) is 0 Å². The van der Waals surface area contributed by atoms with E-state index in [-0.39, 0.29) is 18.4 Å². The van der Waals surface area contributed by atoms with Gasteiger partial charge < -0.3 is 5.11 Å². The van der Waals surface area contributed by atoms with Crippen LogP contribution in [0.3, 0.4) is 0 Å². The topological polar surface area (TPSA) is 69.6 Å². The zero-order chi connectivity index (χ0) is 13.6. The van der Waals surface area contributed by atoms with E-state index in [1.807, 2.05) is 13.8 Å². The van der Waals surface area contributed by atoms with Crippen molar-refractivity contribution < 1.29 is 13.5 Å². The maximum atomic E-state index is 12.0. The SMILES string of the molecule is CCN(CC)S(=O)(=O)NCC1CCCCC1CO. The maximum Gasteiger partial charge on any atom is 0.279 e. The van der Waals surface area contributed by atoms with Gasteiger partial charge in [-0.3, -0.25) is 0 Å². The summed E-state index contributed by atoms with van der Waals surface area (Å²) < 4.78 is 28.1. The van der Waals surface area contributed by atoms with Crippen LogP contribution in [0.1, 0.15) is 39.5 Å². The van der Waals surface area contributed by atoms with Gasteiger partial charge in [-0.15, -0.1) is 0 Å². The minimum Gasteiger partial charge on any atom is -0.396 e. The molecule has 0 saturated heterocycles. The van der Waals surface area contributed by atoms with Crippen LogP contribution in [0.25, 0.3) is 0 Å². The molecule has 0 aromatic carbocycles. The van der Waals surface area contributed by atoms with E-state index in [1.54, 1.807) is 0 Å². The molecule has 108 valence electrons. The van der Waals surface area contributed by atoms with Gasteiger partial charge in [0.15, 0.2) is 0 Å². The average molecular weight is 278 g/mol. The fourth-order valence-corrected chi connectivity index (χ4v) is 3.95. The third-order valence-corrected chi connectivity index (χ3v) is 5.60. The van der Waals surface area contributed by atoms with Crippen molar-refractivity contribution in [2.45, 2.75) is 39.5 Å². The second kappa shape index (κ2) is 7.43. The van der Waals surface area contributed by atoms with Gasteiger partial charge in [0.25, 0.3) is 10.2 Å². The summed E-state index contributed by atoms with van der Waals surface area (Å²) in [4.78, 5) is 0. The van der Waals surface area contributed by atoms with Crippen molar-refractivity contribution in [3.8, 4) is 0 Å². The number of aliphatic hydroxyl groups is 1. The third-order valence-electron chi connectivity index (χ3n) is 3.87. The predicted molar refractivity (Wildman–Crippen MR) is 72.4 cm³/mol. The van der Waals surface area contributed by atoms with Crippen molar-refractivity contribution in [1.29, 1.82) is 0 Å². The molecule has 1 aliphatic carbocycles. The van der Waals surface area contributed by atoms with Crippen LogP contribution in [0.2, 0.25) is 0 Å². The quantitative estimate of drug-likeness (QED) is 0.729. The van der Waals surface area contributed by atoms with Crippen molar-refractivity contribution in [3.63, 3.8) is 0 Å². The summed E-state index contributed by atoms with van der Waals surface area (Å²) in [6, 6.07) is 0. The van der Waals surface area contributed by atoms with Crippen molar-refractivity contribution in [3.05, 3.63) is 0 Å². The minimum absolute atomic E-state index is 0.164. The second-order valence-electron chi connectivity index (χ2n) is 4.92. The van der Waals surface area contributed by atoms with Crippen LogP contribution in [-0.4, -0.2) is 44.1 Å². The van der Waals surface area contributed by atoms with Crippen LogP contribution in [0.5, 0.6) is 0 Å². The molecular weight excluding hydrogens is 252 g/mol. The Morgan fingerprint density at radius 3 is 2.22 bits per heavy atom. The van der Waals surface area contributed by atoms with Gasteiger partial charge in [0.1, 0.15) is 0 Å². The highest BCUT2D eigenvalue weighted by Gasteiger charge is 2.27. The first kappa shape index (κ1) is 15.9. The largest absolute Gasteiger partial charge is 0.396 e. The Morgan fingerprint density at radius 2 is 1.72 bits per heavy atom. The first-order chi connectivity index (χ1) is 8.55. The van der Waals surface area contributed by atoms with Gasteiger partial charge in [0.2, 0.25) is 0 Å². The summed E-state index contributed by atoms with van der Waals surface area (Å²) in [6.07, 6.45) is 4.29. The van der Waals surface area contributed by atoms with E-state index in [2.05, 4.69) is 4.72 Å². The monoisotopic (exact) mass is 278 g/mol. The first-order valence-corrected chi connectivity index (χ1v) is 8.34. The highest BCUT2D eigenvalue weighted by atomic mass is 32.2. The molecule has 0 aromatic heterocycles. The first-order valence-electron chi connectivity index (χ1n) is 6.90. The van der Waals surface area contributed by atoms with Gasteiger partial charge in [-0.1, -0.05) is 26.7 Å². The van der Waals surface area contributed by atoms with Crippen LogP contribution >= 0.6 is 0 Å². The van der Waals surface area contributed by atoms with Crippen LogP contribution in [0, 0.1) is 11.8 Å². The zero-order valence-corrected chi connectivity index (χ0v) is 12.2. The molecule has 18 heavy (non-hydrogen) atoms. The standard InChI is InChI=1S/C12H26N2O3S/c1-3-14(4-2)18(16,17)13-9-11-7-5-6-8-12(11)10-15/h11-13,15H,3-10H2,1-2H3. The molecule has 0 amide bonds. The Bertz CT molecular complexity index is 328. The number of aliphatic hydroxyl groups excluding tert-OH is 1. The molecule has 2 N–H and O–H groups in total. The molecule has 0 aliphatic heterocycles. The smallest absolute Gasteiger partial charge is 0.279 e. The summed E-state index contributed by atoms with van der Waals surface area (Å²) in [5.74, 6) is 0.521. The summed E-state index contributed by atoms with van der Waals surface area (Å²) in [5, 5.41) is 9.30. The van der Waals surface area contributed by atoms with Crippen LogP contribution in [0.4, 0.5) is 0 Å². The maximum absolute atomic E-state index is 12.0. The highest BCUT2D eigenvalue weighted by molar-refractivity contribution is 7.87. The molecule has 0 aromatic rings. The van der Waals surface area contributed by atoms with Crippen molar-refractivity contribution >= 4 is 10.2 Å². The summed E-state index contributed by atoms with van der Waals surface area (Å²) >= 11 is 0. The van der Waals surface area contributed by atoms with Crippen molar-refractivity contribution in [1.82, 2.24) is 9.03 Å². The molecule has 1 rings (SSSR count). The predicted octanol–water partition coefficient (Wildman–Crippen LogP) is 0.961. The van der Waals surface area contributed by atoms with Gasteiger partial charge in [0, 0.05) is 26.2 Å². The summed E-state index contributed by atoms with van der Waals surface area (Å²) in [5.41, 5.74) is 0. The van der Waals surface area contributed by atoms with Gasteiger partial charge >= 0.3 is 0 Å². The molecule has 0 heterocycles. The van der Waals surface area contributed by atoms with E-state index >= 15 is 0 Å². The fraction of sp³-hybridized carbons (Fsp3) is 1.00. The lowest BCUT2D eigenvalue weighted by atomic mass is 9.80. The van der Waals surface area contributed by atoms with Crippen molar-refractivity contribution in [2.24, 2.45) is 11.8 Å². The molecule has 6 heteroatoms. The Labute approximate surface area is 111 Å². The van der Waals surface area contributed by atoms with E-state index in [0.717, 1.165) is 25.7 Å². The van der Waals surface area contributed by atoms with Gasteiger partial charge in [0.05, 0.1) is 0 Å². The number of nitrogens with zero attached hydrogens (tertiary/aromatic N) is 1. The second-order valence-corrected chi connectivity index (χ2v) is 6.68. The van der Waals surface area contributed by atoms with Gasteiger partial charge in [-0.25, -0.2) is 4.72 Å². The Balaban J connectivity index is 2.52. The Morgan fingerprint density at radius 1 is 1.17 bits per heavy atom. The highest BCUT2D eigenvalue weighted by Crippen LogP contribution is 2.29. The lowest BCUT2D eigenvalue weighted by Gasteiger charge is -2.31. The number of hydrogen-bond acceptors (Lipinski definition) is 3. The summed E-state index contributed by atoms with van der Waals surface area (Å²) in [6.45, 7) is 5.25. The lowest BCUT2D eigenvalue weighted by molar-refractivity contribution is 0.136. The van der Waals surface area contributed by atoms with Gasteiger partial charge in [-0.2, -0.15) is 12.7 Å². The molecule has 1 saturated carbocycles. The molecule has 0 radical (unpaired) electrons. The molecular formula is C12H26N2O3S. The molecule has 0 spiro atoms. The molecule has 5 nitrogen and oxygen atoms in total. The molecule has 1 fully saturated rings. The number of nitrogens with one attached hydrogen (secondary N) is 1. The number of hydrogen-bond donors (Lipinski definition) is 2. The van der Waals surface area contributed by atoms with E-state index in [9.17, 15) is 13.5 Å². The van der Waals surface area contributed by atoms with E-state index < -0.39 is 10.2 Å². The average Bonchev–Trinajstić information content (AvgIpc) is 2.38. The molecule has 2 unspecified atom stereocenters. The Kier molecular flexibility index (Phi) is 6.55. The van der Waals surface area contributed by atoms with Crippen molar-refractivity contribution in [2.75, 3.05) is 26.2 Å². The minimum atomic E-state index is -3.35. The molecule has 1 aliphatic rings. The summed E-state index contributed by atoms with van der Waals surface area (Å²) in [7, 11) is -3.35. The fourth-order valence-electron chi connectivity index (χ4n) is 2.66. The van der Waals surface area contributed by atoms with E-state index in [4.69, 9.17) is 0 Å². The van der Waals surface area contributed by atoms with Gasteiger partial charge in [-0.05, 0) is 24.7 Å². The van der Waals surface area contributed by atoms with E-state index in [0.29, 0.717) is 19.6 Å². The molecule has 2 atom stereocenters. The van der Waals surface area contributed by atoms with E-state index in [1.165, 1.54) is 4.31 Å². The van der Waals surface area contributed by atoms with Crippen LogP contribution < -0.4 is 4.72 Å². The third kappa shape index (κ3) is 4.19. The van der Waals surface area contributed by atoms with Crippen LogP contribution in [-0.2, 0) is 10.2 Å². The Hall–Kier alpha value is -0.170. The number of rotatable bonds is 7. The molecule has 0 bridgehead atoms.